The molecule has 1 saturated carbocycles. The number of fused-ring (bicyclic) bond motifs is 3. The SMILES string of the molecule is O=C(O)C[C@H](NC(=O)OCC1c2ccccc2-c2ccccc21)C1CCCCC1. The summed E-state index contributed by atoms with van der Waals surface area (Å²) in [6.45, 7) is 0.240. The highest BCUT2D eigenvalue weighted by molar-refractivity contribution is 5.79. The number of nitrogens with one attached hydrogen (secondary N) is 1. The van der Waals surface area contributed by atoms with Gasteiger partial charge >= 0.3 is 12.1 Å². The maximum atomic E-state index is 12.5. The Bertz CT molecular complexity index is 842. The highest BCUT2D eigenvalue weighted by Crippen LogP contribution is 2.44. The summed E-state index contributed by atoms with van der Waals surface area (Å²) < 4.78 is 5.60. The van der Waals surface area contributed by atoms with Crippen LogP contribution in [-0.4, -0.2) is 29.8 Å². The zero-order chi connectivity index (χ0) is 20.2. The molecule has 1 fully saturated rings. The fraction of sp³-hybridized carbons (Fsp3) is 0.417. The molecule has 0 radical (unpaired) electrons. The topological polar surface area (TPSA) is 75.6 Å². The Balaban J connectivity index is 1.43. The van der Waals surface area contributed by atoms with Gasteiger partial charge in [0.2, 0.25) is 0 Å². The number of carbonyl (C=O) groups is 2. The van der Waals surface area contributed by atoms with Gasteiger partial charge in [0.05, 0.1) is 6.42 Å². The summed E-state index contributed by atoms with van der Waals surface area (Å²) in [5.41, 5.74) is 4.69. The first-order chi connectivity index (χ1) is 14.1. The van der Waals surface area contributed by atoms with Crippen LogP contribution in [0.3, 0.4) is 0 Å². The standard InChI is InChI=1S/C24H27NO4/c26-23(27)14-22(16-8-2-1-3-9-16)25-24(28)29-15-21-19-12-6-4-10-17(19)18-11-5-7-13-20(18)21/h4-7,10-13,16,21-22H,1-3,8-9,14-15H2,(H,25,28)(H,26,27)/t22-/m0/s1. The Hall–Kier alpha value is -2.82. The second-order valence-electron chi connectivity index (χ2n) is 8.07. The highest BCUT2D eigenvalue weighted by atomic mass is 16.5. The first kappa shape index (κ1) is 19.5. The van der Waals surface area contributed by atoms with E-state index in [2.05, 4.69) is 29.6 Å². The molecule has 0 heterocycles. The van der Waals surface area contributed by atoms with Crippen molar-refractivity contribution in [2.45, 2.75) is 50.5 Å². The van der Waals surface area contributed by atoms with Gasteiger partial charge in [-0.1, -0.05) is 67.8 Å². The Morgan fingerprint density at radius 1 is 0.966 bits per heavy atom. The lowest BCUT2D eigenvalue weighted by molar-refractivity contribution is -0.137. The van der Waals surface area contributed by atoms with E-state index >= 15 is 0 Å². The summed E-state index contributed by atoms with van der Waals surface area (Å²) in [6.07, 6.45) is 4.70. The number of carbonyl (C=O) groups excluding carboxylic acids is 1. The van der Waals surface area contributed by atoms with E-state index in [1.165, 1.54) is 17.5 Å². The molecule has 2 aliphatic carbocycles. The lowest BCUT2D eigenvalue weighted by Gasteiger charge is -2.29. The third-order valence-corrected chi connectivity index (χ3v) is 6.26. The molecule has 29 heavy (non-hydrogen) atoms. The van der Waals surface area contributed by atoms with Crippen LogP contribution in [0.5, 0.6) is 0 Å². The predicted octanol–water partition coefficient (Wildman–Crippen LogP) is 4.95. The average Bonchev–Trinajstić information content (AvgIpc) is 3.06. The van der Waals surface area contributed by atoms with E-state index in [4.69, 9.17) is 4.74 Å². The van der Waals surface area contributed by atoms with Crippen LogP contribution >= 0.6 is 0 Å². The second-order valence-corrected chi connectivity index (χ2v) is 8.07. The molecule has 0 spiro atoms. The summed E-state index contributed by atoms with van der Waals surface area (Å²) in [7, 11) is 0. The van der Waals surface area contributed by atoms with Gasteiger partial charge in [0.25, 0.3) is 0 Å². The number of hydrogen-bond acceptors (Lipinski definition) is 3. The lowest BCUT2D eigenvalue weighted by Crippen LogP contribution is -2.43. The summed E-state index contributed by atoms with van der Waals surface area (Å²) in [5.74, 6) is -0.680. The summed E-state index contributed by atoms with van der Waals surface area (Å²) in [5, 5.41) is 12.1. The number of alkyl carbamates (subject to hydrolysis) is 1. The lowest BCUT2D eigenvalue weighted by atomic mass is 9.83. The van der Waals surface area contributed by atoms with Crippen LogP contribution in [0, 0.1) is 5.92 Å². The van der Waals surface area contributed by atoms with Gasteiger partial charge in [-0.3, -0.25) is 4.79 Å². The first-order valence-corrected chi connectivity index (χ1v) is 10.5. The number of carboxylic acid groups (broad SMARTS) is 1. The third-order valence-electron chi connectivity index (χ3n) is 6.26. The molecule has 5 nitrogen and oxygen atoms in total. The quantitative estimate of drug-likeness (QED) is 0.728. The van der Waals surface area contributed by atoms with Crippen LogP contribution < -0.4 is 5.32 Å². The van der Waals surface area contributed by atoms with E-state index in [0.717, 1.165) is 36.8 Å². The Morgan fingerprint density at radius 3 is 2.14 bits per heavy atom. The summed E-state index contributed by atoms with van der Waals surface area (Å²) >= 11 is 0. The van der Waals surface area contributed by atoms with Crippen molar-refractivity contribution in [2.24, 2.45) is 5.92 Å². The molecule has 0 aliphatic heterocycles. The van der Waals surface area contributed by atoms with E-state index in [-0.39, 0.29) is 30.9 Å². The van der Waals surface area contributed by atoms with Gasteiger partial charge in [-0.25, -0.2) is 4.79 Å². The monoisotopic (exact) mass is 393 g/mol. The van der Waals surface area contributed by atoms with E-state index in [0.29, 0.717) is 0 Å². The molecule has 2 aliphatic rings. The number of carboxylic acids is 1. The number of ether oxygens (including phenoxy) is 1. The van der Waals surface area contributed by atoms with Crippen LogP contribution in [0.2, 0.25) is 0 Å². The van der Waals surface area contributed by atoms with E-state index in [1.807, 2.05) is 24.3 Å². The van der Waals surface area contributed by atoms with Crippen molar-refractivity contribution in [3.8, 4) is 11.1 Å². The van der Waals surface area contributed by atoms with Gasteiger partial charge in [0.1, 0.15) is 6.61 Å². The highest BCUT2D eigenvalue weighted by Gasteiger charge is 2.31. The fourth-order valence-electron chi connectivity index (χ4n) is 4.85. The van der Waals surface area contributed by atoms with E-state index in [9.17, 15) is 14.7 Å². The summed E-state index contributed by atoms with van der Waals surface area (Å²) in [4.78, 5) is 23.8. The molecule has 1 atom stereocenters. The van der Waals surface area contributed by atoms with Crippen LogP contribution in [0.15, 0.2) is 48.5 Å². The number of benzene rings is 2. The summed E-state index contributed by atoms with van der Waals surface area (Å²) in [6, 6.07) is 16.0. The van der Waals surface area contributed by atoms with Crippen molar-refractivity contribution in [1.82, 2.24) is 5.32 Å². The largest absolute Gasteiger partial charge is 0.481 e. The zero-order valence-corrected chi connectivity index (χ0v) is 16.5. The molecule has 152 valence electrons. The third kappa shape index (κ3) is 4.29. The van der Waals surface area contributed by atoms with Crippen molar-refractivity contribution < 1.29 is 19.4 Å². The number of aliphatic carboxylic acids is 1. The molecule has 1 amide bonds. The van der Waals surface area contributed by atoms with Crippen molar-refractivity contribution in [3.05, 3.63) is 59.7 Å². The van der Waals surface area contributed by atoms with Crippen molar-refractivity contribution >= 4 is 12.1 Å². The predicted molar refractivity (Wildman–Crippen MR) is 111 cm³/mol. The minimum Gasteiger partial charge on any atom is -0.481 e. The van der Waals surface area contributed by atoms with Crippen molar-refractivity contribution in [3.63, 3.8) is 0 Å². The van der Waals surface area contributed by atoms with E-state index < -0.39 is 12.1 Å². The molecule has 0 aromatic heterocycles. The molecular formula is C24H27NO4. The van der Waals surface area contributed by atoms with Crippen LogP contribution in [0.1, 0.15) is 55.6 Å². The van der Waals surface area contributed by atoms with Crippen molar-refractivity contribution in [1.29, 1.82) is 0 Å². The molecule has 5 heteroatoms. The van der Waals surface area contributed by atoms with Gasteiger partial charge in [-0.05, 0) is 41.0 Å². The number of hydrogen-bond donors (Lipinski definition) is 2. The van der Waals surface area contributed by atoms with E-state index in [1.54, 1.807) is 0 Å². The number of amides is 1. The first-order valence-electron chi connectivity index (χ1n) is 10.5. The molecule has 0 saturated heterocycles. The zero-order valence-electron chi connectivity index (χ0n) is 16.5. The normalized spacial score (nSPS) is 17.2. The van der Waals surface area contributed by atoms with Gasteiger partial charge in [-0.15, -0.1) is 0 Å². The van der Waals surface area contributed by atoms with Gasteiger partial charge < -0.3 is 15.2 Å². The van der Waals surface area contributed by atoms with Gasteiger partial charge in [-0.2, -0.15) is 0 Å². The fourth-order valence-corrected chi connectivity index (χ4v) is 4.85. The van der Waals surface area contributed by atoms with Gasteiger partial charge in [0, 0.05) is 12.0 Å². The van der Waals surface area contributed by atoms with Crippen LogP contribution in [0.4, 0.5) is 4.79 Å². The molecular weight excluding hydrogens is 366 g/mol. The second kappa shape index (κ2) is 8.68. The maximum Gasteiger partial charge on any atom is 0.407 e. The molecule has 0 bridgehead atoms. The van der Waals surface area contributed by atoms with Crippen LogP contribution in [0.25, 0.3) is 11.1 Å². The molecule has 2 N–H and O–H groups in total. The number of rotatable bonds is 6. The Labute approximate surface area is 171 Å². The minimum atomic E-state index is -0.889. The van der Waals surface area contributed by atoms with Crippen molar-refractivity contribution in [2.75, 3.05) is 6.61 Å². The maximum absolute atomic E-state index is 12.5. The van der Waals surface area contributed by atoms with Gasteiger partial charge in [0.15, 0.2) is 0 Å². The Morgan fingerprint density at radius 2 is 1.55 bits per heavy atom. The smallest absolute Gasteiger partial charge is 0.407 e. The van der Waals surface area contributed by atoms with Crippen LogP contribution in [-0.2, 0) is 9.53 Å². The minimum absolute atomic E-state index is 0.000698. The molecule has 2 aromatic carbocycles. The average molecular weight is 393 g/mol. The molecule has 4 rings (SSSR count). The molecule has 2 aromatic rings. The Kier molecular flexibility index (Phi) is 5.84. The molecule has 0 unspecified atom stereocenters.